The molecule has 0 aromatic heterocycles. The van der Waals surface area contributed by atoms with Gasteiger partial charge >= 0.3 is 0 Å². The Hall–Kier alpha value is -0.910. The molecule has 364 valence electrons. The number of amides is 1. The molecule has 5 nitrogen and oxygen atoms in total. The predicted octanol–water partition coefficient (Wildman–Crippen LogP) is 17.1. The SMILES string of the molecule is CCCCCCCCCCCCCCCCCCCCCCCC/C=C/C(O)C(CO)NC(=O)CC(O)CCCCCCCCCCCCCCCCCCCCCCCC. The van der Waals surface area contributed by atoms with Gasteiger partial charge in [0.1, 0.15) is 0 Å². The van der Waals surface area contributed by atoms with Crippen LogP contribution in [0.5, 0.6) is 0 Å². The average Bonchev–Trinajstić information content (AvgIpc) is 3.25. The Morgan fingerprint density at radius 3 is 0.951 bits per heavy atom. The minimum Gasteiger partial charge on any atom is -0.394 e. The third-order valence-electron chi connectivity index (χ3n) is 13.3. The molecule has 0 aliphatic rings. The Kier molecular flexibility index (Phi) is 51.0. The number of aliphatic hydroxyl groups is 3. The van der Waals surface area contributed by atoms with Crippen LogP contribution in [-0.2, 0) is 4.79 Å². The summed E-state index contributed by atoms with van der Waals surface area (Å²) in [7, 11) is 0. The van der Waals surface area contributed by atoms with E-state index in [0.717, 1.165) is 25.7 Å². The van der Waals surface area contributed by atoms with Gasteiger partial charge in [0.15, 0.2) is 0 Å². The monoisotopic (exact) mass is 862 g/mol. The Bertz CT molecular complexity index is 864. The molecular weight excluding hydrogens is 751 g/mol. The number of aliphatic hydroxyl groups excluding tert-OH is 3. The largest absolute Gasteiger partial charge is 0.394 e. The van der Waals surface area contributed by atoms with Crippen LogP contribution < -0.4 is 5.32 Å². The fourth-order valence-corrected chi connectivity index (χ4v) is 9.05. The maximum absolute atomic E-state index is 12.5. The molecule has 0 bridgehead atoms. The van der Waals surface area contributed by atoms with Crippen molar-refractivity contribution in [3.05, 3.63) is 12.2 Å². The standard InChI is InChI=1S/C56H111NO4/c1-3-5-7-9-11-13-15-17-19-21-23-25-27-28-30-32-34-36-38-40-42-44-46-48-50-55(60)54(52-58)57-56(61)51-53(59)49-47-45-43-41-39-37-35-33-31-29-26-24-22-20-18-16-14-12-10-8-6-4-2/h48,50,53-55,58-60H,3-47,49,51-52H2,1-2H3,(H,57,61)/b50-48+. The summed E-state index contributed by atoms with van der Waals surface area (Å²) in [5.74, 6) is -0.308. The molecule has 3 unspecified atom stereocenters. The molecule has 1 amide bonds. The van der Waals surface area contributed by atoms with Gasteiger partial charge in [0.25, 0.3) is 0 Å². The lowest BCUT2D eigenvalue weighted by atomic mass is 10.0. The molecule has 0 aromatic carbocycles. The summed E-state index contributed by atoms with van der Waals surface area (Å²) in [5.41, 5.74) is 0. The number of rotatable bonds is 52. The first kappa shape index (κ1) is 60.1. The Morgan fingerprint density at radius 2 is 0.672 bits per heavy atom. The van der Waals surface area contributed by atoms with Gasteiger partial charge < -0.3 is 20.6 Å². The summed E-state index contributed by atoms with van der Waals surface area (Å²) in [4.78, 5) is 12.5. The second-order valence-corrected chi connectivity index (χ2v) is 19.6. The molecule has 0 heterocycles. The van der Waals surface area contributed by atoms with Crippen LogP contribution in [0.4, 0.5) is 0 Å². The smallest absolute Gasteiger partial charge is 0.222 e. The number of unbranched alkanes of at least 4 members (excludes halogenated alkanes) is 43. The minimum atomic E-state index is -0.926. The second kappa shape index (κ2) is 51.7. The van der Waals surface area contributed by atoms with Crippen molar-refractivity contribution >= 4 is 5.91 Å². The van der Waals surface area contributed by atoms with Crippen molar-refractivity contribution in [2.75, 3.05) is 6.61 Å². The van der Waals surface area contributed by atoms with Crippen molar-refractivity contribution in [3.63, 3.8) is 0 Å². The molecular formula is C56H111NO4. The Labute approximate surface area is 382 Å². The molecule has 0 saturated heterocycles. The van der Waals surface area contributed by atoms with Gasteiger partial charge in [-0.2, -0.15) is 0 Å². The van der Waals surface area contributed by atoms with E-state index in [0.29, 0.717) is 6.42 Å². The molecule has 0 aliphatic carbocycles. The number of hydrogen-bond donors (Lipinski definition) is 4. The first-order chi connectivity index (χ1) is 30.0. The molecule has 0 rings (SSSR count). The van der Waals surface area contributed by atoms with Crippen molar-refractivity contribution in [1.29, 1.82) is 0 Å². The quantitative estimate of drug-likeness (QED) is 0.0362. The van der Waals surface area contributed by atoms with Gasteiger partial charge in [-0.3, -0.25) is 4.79 Å². The number of carbonyl (C=O) groups excluding carboxylic acids is 1. The average molecular weight is 863 g/mol. The number of hydrogen-bond acceptors (Lipinski definition) is 4. The molecule has 0 spiro atoms. The van der Waals surface area contributed by atoms with Crippen molar-refractivity contribution in [3.8, 4) is 0 Å². The second-order valence-electron chi connectivity index (χ2n) is 19.6. The lowest BCUT2D eigenvalue weighted by Gasteiger charge is -2.21. The molecule has 3 atom stereocenters. The highest BCUT2D eigenvalue weighted by atomic mass is 16.3. The van der Waals surface area contributed by atoms with Crippen molar-refractivity contribution < 1.29 is 20.1 Å². The van der Waals surface area contributed by atoms with Crippen molar-refractivity contribution in [2.45, 2.75) is 334 Å². The molecule has 61 heavy (non-hydrogen) atoms. The number of nitrogens with one attached hydrogen (secondary N) is 1. The zero-order valence-electron chi connectivity index (χ0n) is 41.6. The van der Waals surface area contributed by atoms with Crippen LogP contribution in [0.15, 0.2) is 12.2 Å². The van der Waals surface area contributed by atoms with Gasteiger partial charge in [-0.1, -0.05) is 302 Å². The summed E-state index contributed by atoms with van der Waals surface area (Å²) in [6.45, 7) is 4.26. The van der Waals surface area contributed by atoms with E-state index in [2.05, 4.69) is 19.2 Å². The van der Waals surface area contributed by atoms with Gasteiger partial charge in [-0.05, 0) is 19.3 Å². The van der Waals surface area contributed by atoms with E-state index in [9.17, 15) is 20.1 Å². The molecule has 0 aromatic rings. The van der Waals surface area contributed by atoms with Crippen LogP contribution in [-0.4, -0.2) is 46.1 Å². The zero-order valence-corrected chi connectivity index (χ0v) is 41.6. The van der Waals surface area contributed by atoms with E-state index >= 15 is 0 Å². The predicted molar refractivity (Wildman–Crippen MR) is 269 cm³/mol. The molecule has 0 fully saturated rings. The van der Waals surface area contributed by atoms with Crippen molar-refractivity contribution in [2.24, 2.45) is 0 Å². The number of allylic oxidation sites excluding steroid dienone is 1. The first-order valence-corrected chi connectivity index (χ1v) is 28.0. The molecule has 4 N–H and O–H groups in total. The van der Waals surface area contributed by atoms with E-state index in [1.807, 2.05) is 6.08 Å². The van der Waals surface area contributed by atoms with Crippen LogP contribution in [0.25, 0.3) is 0 Å². The maximum atomic E-state index is 12.5. The zero-order chi connectivity index (χ0) is 44.4. The highest BCUT2D eigenvalue weighted by molar-refractivity contribution is 5.76. The lowest BCUT2D eigenvalue weighted by Crippen LogP contribution is -2.45. The minimum absolute atomic E-state index is 0.0195. The van der Waals surface area contributed by atoms with Gasteiger partial charge in [0.05, 0.1) is 31.3 Å². The van der Waals surface area contributed by atoms with Crippen LogP contribution in [0.1, 0.15) is 316 Å². The van der Waals surface area contributed by atoms with E-state index in [1.165, 1.54) is 263 Å². The number of carbonyl (C=O) groups is 1. The first-order valence-electron chi connectivity index (χ1n) is 28.0. The molecule has 0 aliphatic heterocycles. The maximum Gasteiger partial charge on any atom is 0.222 e. The van der Waals surface area contributed by atoms with Crippen molar-refractivity contribution in [1.82, 2.24) is 5.32 Å². The fourth-order valence-electron chi connectivity index (χ4n) is 9.05. The summed E-state index contributed by atoms with van der Waals surface area (Å²) >= 11 is 0. The molecule has 5 heteroatoms. The van der Waals surface area contributed by atoms with Gasteiger partial charge in [-0.15, -0.1) is 0 Å². The highest BCUT2D eigenvalue weighted by Gasteiger charge is 2.20. The third-order valence-corrected chi connectivity index (χ3v) is 13.3. The Morgan fingerprint density at radius 1 is 0.410 bits per heavy atom. The summed E-state index contributed by atoms with van der Waals surface area (Å²) in [5, 5.41) is 33.5. The molecule has 0 radical (unpaired) electrons. The summed E-state index contributed by atoms with van der Waals surface area (Å²) in [6.07, 6.45) is 64.0. The summed E-state index contributed by atoms with van der Waals surface area (Å²) in [6, 6.07) is -0.741. The van der Waals surface area contributed by atoms with E-state index in [-0.39, 0.29) is 18.9 Å². The topological polar surface area (TPSA) is 89.8 Å². The van der Waals surface area contributed by atoms with Crippen LogP contribution in [0, 0.1) is 0 Å². The van der Waals surface area contributed by atoms with Crippen LogP contribution in [0.2, 0.25) is 0 Å². The summed E-state index contributed by atoms with van der Waals surface area (Å²) < 4.78 is 0. The van der Waals surface area contributed by atoms with E-state index in [1.54, 1.807) is 6.08 Å². The normalized spacial score (nSPS) is 13.3. The van der Waals surface area contributed by atoms with Gasteiger partial charge in [0.2, 0.25) is 5.91 Å². The van der Waals surface area contributed by atoms with E-state index < -0.39 is 18.2 Å². The third kappa shape index (κ3) is 48.4. The fraction of sp³-hybridized carbons (Fsp3) is 0.946. The lowest BCUT2D eigenvalue weighted by molar-refractivity contribution is -0.124. The molecule has 0 saturated carbocycles. The highest BCUT2D eigenvalue weighted by Crippen LogP contribution is 2.18. The van der Waals surface area contributed by atoms with Gasteiger partial charge in [-0.25, -0.2) is 0 Å². The van der Waals surface area contributed by atoms with E-state index in [4.69, 9.17) is 0 Å². The van der Waals surface area contributed by atoms with Gasteiger partial charge in [0, 0.05) is 0 Å². The Balaban J connectivity index is 3.54. The van der Waals surface area contributed by atoms with Crippen LogP contribution >= 0.6 is 0 Å². The van der Waals surface area contributed by atoms with Crippen LogP contribution in [0.3, 0.4) is 0 Å².